The Kier molecular flexibility index (Phi) is 5.91. The van der Waals surface area contributed by atoms with E-state index in [1.54, 1.807) is 18.1 Å². The summed E-state index contributed by atoms with van der Waals surface area (Å²) in [6, 6.07) is 7.84. The molecule has 3 rings (SSSR count). The Morgan fingerprint density at radius 2 is 2.04 bits per heavy atom. The van der Waals surface area contributed by atoms with Gasteiger partial charge in [-0.15, -0.1) is 0 Å². The maximum atomic E-state index is 12.7. The van der Waals surface area contributed by atoms with Crippen LogP contribution in [-0.4, -0.2) is 57.8 Å². The molecule has 7 nitrogen and oxygen atoms in total. The van der Waals surface area contributed by atoms with Gasteiger partial charge in [-0.05, 0) is 19.4 Å². The first-order chi connectivity index (χ1) is 12.9. The summed E-state index contributed by atoms with van der Waals surface area (Å²) in [6.07, 6.45) is 1.90. The summed E-state index contributed by atoms with van der Waals surface area (Å²) in [6.45, 7) is 6.38. The molecule has 2 aromatic rings. The Hall–Kier alpha value is -2.67. The van der Waals surface area contributed by atoms with E-state index in [0.29, 0.717) is 19.6 Å². The predicted octanol–water partition coefficient (Wildman–Crippen LogP) is 1.38. The minimum Gasteiger partial charge on any atom is -0.353 e. The smallest absolute Gasteiger partial charge is 0.237 e. The number of carbonyl (C=O) groups is 2. The van der Waals surface area contributed by atoms with Gasteiger partial charge < -0.3 is 15.2 Å². The van der Waals surface area contributed by atoms with Crippen molar-refractivity contribution in [2.45, 2.75) is 39.4 Å². The lowest BCUT2D eigenvalue weighted by atomic mass is 10.1. The van der Waals surface area contributed by atoms with Gasteiger partial charge in [0.25, 0.3) is 0 Å². The second-order valence-electron chi connectivity index (χ2n) is 7.23. The molecule has 2 heterocycles. The van der Waals surface area contributed by atoms with Crippen LogP contribution in [0.5, 0.6) is 0 Å². The van der Waals surface area contributed by atoms with Crippen LogP contribution in [0.1, 0.15) is 29.1 Å². The topological polar surface area (TPSA) is 81.3 Å². The molecule has 7 heteroatoms. The molecule has 1 aromatic heterocycles. The number of hydrogen-bond acceptors (Lipinski definition) is 4. The number of nitrogens with one attached hydrogen (secondary N) is 2. The van der Waals surface area contributed by atoms with E-state index in [1.807, 2.05) is 6.92 Å². The second kappa shape index (κ2) is 8.35. The van der Waals surface area contributed by atoms with Gasteiger partial charge in [0.15, 0.2) is 0 Å². The molecule has 0 spiro atoms. The summed E-state index contributed by atoms with van der Waals surface area (Å²) < 4.78 is 0. The lowest BCUT2D eigenvalue weighted by Gasteiger charge is -2.35. The number of imidazole rings is 1. The third-order valence-corrected chi connectivity index (χ3v) is 4.88. The highest BCUT2D eigenvalue weighted by Crippen LogP contribution is 2.16. The molecular weight excluding hydrogens is 342 g/mol. The summed E-state index contributed by atoms with van der Waals surface area (Å²) in [5.41, 5.74) is 3.31. The fourth-order valence-corrected chi connectivity index (χ4v) is 3.28. The predicted molar refractivity (Wildman–Crippen MR) is 103 cm³/mol. The number of aryl methyl sites for hydroxylation is 2. The van der Waals surface area contributed by atoms with E-state index in [-0.39, 0.29) is 18.2 Å². The Bertz CT molecular complexity index is 799. The third-order valence-electron chi connectivity index (χ3n) is 4.88. The summed E-state index contributed by atoms with van der Waals surface area (Å²) in [7, 11) is 1.74. The molecule has 1 aromatic carbocycles. The van der Waals surface area contributed by atoms with Crippen LogP contribution in [0.4, 0.5) is 0 Å². The van der Waals surface area contributed by atoms with E-state index in [4.69, 9.17) is 0 Å². The molecule has 0 bridgehead atoms. The molecular formula is C20H27N5O2. The fraction of sp³-hybridized carbons (Fsp3) is 0.450. The van der Waals surface area contributed by atoms with Crippen molar-refractivity contribution >= 4 is 11.8 Å². The number of benzene rings is 1. The standard InChI is InChI=1S/C20H27N5O2/c1-14-4-6-16(7-5-14)12-25-9-8-21-20(27)17(25)10-19(26)24(3)13-18-22-11-15(2)23-18/h4-7,11,17H,8-10,12-13H2,1-3H3,(H,21,27)(H,22,23). The molecule has 1 aliphatic heterocycles. The van der Waals surface area contributed by atoms with Crippen molar-refractivity contribution in [2.24, 2.45) is 0 Å². The van der Waals surface area contributed by atoms with Gasteiger partial charge in [-0.3, -0.25) is 14.5 Å². The molecule has 0 radical (unpaired) electrons. The number of piperazine rings is 1. The Morgan fingerprint density at radius 3 is 2.70 bits per heavy atom. The van der Waals surface area contributed by atoms with Crippen molar-refractivity contribution in [1.82, 2.24) is 25.1 Å². The Morgan fingerprint density at radius 1 is 1.30 bits per heavy atom. The lowest BCUT2D eigenvalue weighted by Crippen LogP contribution is -2.56. The van der Waals surface area contributed by atoms with E-state index < -0.39 is 6.04 Å². The van der Waals surface area contributed by atoms with Crippen LogP contribution < -0.4 is 5.32 Å². The zero-order valence-electron chi connectivity index (χ0n) is 16.2. The molecule has 0 aliphatic carbocycles. The van der Waals surface area contributed by atoms with Crippen LogP contribution in [0.15, 0.2) is 30.5 Å². The van der Waals surface area contributed by atoms with Gasteiger partial charge >= 0.3 is 0 Å². The van der Waals surface area contributed by atoms with E-state index in [2.05, 4.69) is 51.4 Å². The van der Waals surface area contributed by atoms with Gasteiger partial charge in [-0.2, -0.15) is 0 Å². The van der Waals surface area contributed by atoms with Gasteiger partial charge in [0.2, 0.25) is 11.8 Å². The number of aromatic amines is 1. The van der Waals surface area contributed by atoms with Crippen molar-refractivity contribution in [2.75, 3.05) is 20.1 Å². The highest BCUT2D eigenvalue weighted by atomic mass is 16.2. The number of aromatic nitrogens is 2. The highest BCUT2D eigenvalue weighted by molar-refractivity contribution is 5.88. The van der Waals surface area contributed by atoms with Crippen LogP contribution in [0.2, 0.25) is 0 Å². The van der Waals surface area contributed by atoms with Gasteiger partial charge in [-0.1, -0.05) is 29.8 Å². The SMILES string of the molecule is Cc1ccc(CN2CCNC(=O)C2CC(=O)N(C)Cc2ncc(C)[nH]2)cc1. The monoisotopic (exact) mass is 369 g/mol. The minimum atomic E-state index is -0.451. The van der Waals surface area contributed by atoms with E-state index in [1.165, 1.54) is 5.56 Å². The van der Waals surface area contributed by atoms with Gasteiger partial charge in [0.05, 0.1) is 19.0 Å². The number of carbonyl (C=O) groups excluding carboxylic acids is 2. The van der Waals surface area contributed by atoms with Crippen molar-refractivity contribution in [3.8, 4) is 0 Å². The summed E-state index contributed by atoms with van der Waals surface area (Å²) in [5.74, 6) is 0.594. The average molecular weight is 369 g/mol. The normalized spacial score (nSPS) is 17.6. The number of H-pyrrole nitrogens is 1. The first-order valence-electron chi connectivity index (χ1n) is 9.24. The average Bonchev–Trinajstić information content (AvgIpc) is 3.04. The van der Waals surface area contributed by atoms with Crippen LogP contribution in [0.25, 0.3) is 0 Å². The van der Waals surface area contributed by atoms with Crippen LogP contribution >= 0.6 is 0 Å². The quantitative estimate of drug-likeness (QED) is 0.806. The van der Waals surface area contributed by atoms with E-state index >= 15 is 0 Å². The molecule has 1 saturated heterocycles. The molecule has 1 unspecified atom stereocenters. The summed E-state index contributed by atoms with van der Waals surface area (Å²) in [5, 5.41) is 2.88. The van der Waals surface area contributed by atoms with Crippen LogP contribution in [0, 0.1) is 13.8 Å². The van der Waals surface area contributed by atoms with Gasteiger partial charge in [0.1, 0.15) is 5.82 Å². The molecule has 144 valence electrons. The Balaban J connectivity index is 1.64. The molecule has 2 N–H and O–H groups in total. The number of nitrogens with zero attached hydrogens (tertiary/aromatic N) is 3. The Labute approximate surface area is 159 Å². The van der Waals surface area contributed by atoms with E-state index in [0.717, 1.165) is 23.6 Å². The number of hydrogen-bond donors (Lipinski definition) is 2. The summed E-state index contributed by atoms with van der Waals surface area (Å²) >= 11 is 0. The number of rotatable bonds is 6. The zero-order valence-corrected chi connectivity index (χ0v) is 16.2. The maximum Gasteiger partial charge on any atom is 0.237 e. The van der Waals surface area contributed by atoms with Crippen molar-refractivity contribution in [1.29, 1.82) is 0 Å². The van der Waals surface area contributed by atoms with Gasteiger partial charge in [-0.25, -0.2) is 4.98 Å². The first kappa shape index (κ1) is 19.1. The van der Waals surface area contributed by atoms with Gasteiger partial charge in [0, 0.05) is 38.6 Å². The lowest BCUT2D eigenvalue weighted by molar-refractivity contribution is -0.138. The molecule has 2 amide bonds. The molecule has 1 aliphatic rings. The van der Waals surface area contributed by atoms with Crippen molar-refractivity contribution < 1.29 is 9.59 Å². The third kappa shape index (κ3) is 4.95. The molecule has 1 atom stereocenters. The van der Waals surface area contributed by atoms with Crippen molar-refractivity contribution in [3.05, 3.63) is 53.1 Å². The molecule has 27 heavy (non-hydrogen) atoms. The maximum absolute atomic E-state index is 12.7. The van der Waals surface area contributed by atoms with Crippen molar-refractivity contribution in [3.63, 3.8) is 0 Å². The molecule has 1 fully saturated rings. The summed E-state index contributed by atoms with van der Waals surface area (Å²) in [4.78, 5) is 36.2. The van der Waals surface area contributed by atoms with Crippen LogP contribution in [0.3, 0.4) is 0 Å². The molecule has 0 saturated carbocycles. The zero-order chi connectivity index (χ0) is 19.4. The second-order valence-corrected chi connectivity index (χ2v) is 7.23. The number of amides is 2. The fourth-order valence-electron chi connectivity index (χ4n) is 3.28. The minimum absolute atomic E-state index is 0.0694. The first-order valence-corrected chi connectivity index (χ1v) is 9.24. The van der Waals surface area contributed by atoms with E-state index in [9.17, 15) is 9.59 Å². The highest BCUT2D eigenvalue weighted by Gasteiger charge is 2.32. The largest absolute Gasteiger partial charge is 0.353 e. The van der Waals surface area contributed by atoms with Crippen LogP contribution in [-0.2, 0) is 22.7 Å².